The summed E-state index contributed by atoms with van der Waals surface area (Å²) in [6.45, 7) is 6.90. The van der Waals surface area contributed by atoms with E-state index in [1.54, 1.807) is 11.8 Å². The van der Waals surface area contributed by atoms with E-state index in [2.05, 4.69) is 68.6 Å². The van der Waals surface area contributed by atoms with E-state index in [0.29, 0.717) is 13.0 Å². The van der Waals surface area contributed by atoms with Gasteiger partial charge in [-0.2, -0.15) is 0 Å². The molecule has 2 aromatic rings. The zero-order chi connectivity index (χ0) is 15.9. The molecule has 0 radical (unpaired) electrons. The molecule has 0 heterocycles. The third kappa shape index (κ3) is 5.23. The molecule has 0 unspecified atom stereocenters. The van der Waals surface area contributed by atoms with E-state index in [9.17, 15) is 4.79 Å². The van der Waals surface area contributed by atoms with Crippen LogP contribution in [-0.4, -0.2) is 11.7 Å². The topological polar surface area (TPSA) is 29.1 Å². The summed E-state index contributed by atoms with van der Waals surface area (Å²) in [5.41, 5.74) is 4.98. The first kappa shape index (κ1) is 16.6. The van der Waals surface area contributed by atoms with Gasteiger partial charge in [-0.25, -0.2) is 0 Å². The second kappa shape index (κ2) is 8.04. The molecule has 0 atom stereocenters. The fourth-order valence-electron chi connectivity index (χ4n) is 2.06. The van der Waals surface area contributed by atoms with Gasteiger partial charge in [0.1, 0.15) is 0 Å². The predicted octanol–water partition coefficient (Wildman–Crippen LogP) is 4.41. The van der Waals surface area contributed by atoms with Crippen LogP contribution < -0.4 is 5.32 Å². The number of hydrogen-bond donors (Lipinski definition) is 1. The second-order valence-corrected chi connectivity index (χ2v) is 6.78. The summed E-state index contributed by atoms with van der Waals surface area (Å²) in [7, 11) is 0. The lowest BCUT2D eigenvalue weighted by Gasteiger charge is -2.07. The number of rotatable bonds is 6. The van der Waals surface area contributed by atoms with Gasteiger partial charge in [0, 0.05) is 23.6 Å². The monoisotopic (exact) mass is 313 g/mol. The van der Waals surface area contributed by atoms with E-state index in [1.807, 2.05) is 0 Å². The van der Waals surface area contributed by atoms with Gasteiger partial charge in [-0.1, -0.05) is 35.9 Å². The van der Waals surface area contributed by atoms with E-state index in [-0.39, 0.29) is 5.91 Å². The van der Waals surface area contributed by atoms with Crippen LogP contribution >= 0.6 is 11.8 Å². The van der Waals surface area contributed by atoms with Crippen LogP contribution in [0.4, 0.5) is 0 Å². The summed E-state index contributed by atoms with van der Waals surface area (Å²) < 4.78 is 0. The maximum Gasteiger partial charge on any atom is 0.221 e. The van der Waals surface area contributed by atoms with Crippen molar-refractivity contribution in [1.82, 2.24) is 5.32 Å². The summed E-state index contributed by atoms with van der Waals surface area (Å²) in [6, 6.07) is 14.7. The molecule has 116 valence electrons. The second-order valence-electron chi connectivity index (χ2n) is 5.61. The summed E-state index contributed by atoms with van der Waals surface area (Å²) in [5.74, 6) is 0.916. The number of thioether (sulfide) groups is 1. The zero-order valence-corrected chi connectivity index (χ0v) is 14.3. The molecule has 0 aliphatic carbocycles. The average Bonchev–Trinajstić information content (AvgIpc) is 2.50. The predicted molar refractivity (Wildman–Crippen MR) is 94.3 cm³/mol. The first-order valence-electron chi connectivity index (χ1n) is 7.57. The number of benzene rings is 2. The molecular formula is C19H23NOS. The van der Waals surface area contributed by atoms with Crippen molar-refractivity contribution in [2.45, 2.75) is 38.6 Å². The molecular weight excluding hydrogens is 290 g/mol. The molecule has 1 N–H and O–H groups in total. The molecule has 0 spiro atoms. The zero-order valence-electron chi connectivity index (χ0n) is 13.5. The molecule has 22 heavy (non-hydrogen) atoms. The van der Waals surface area contributed by atoms with Crippen LogP contribution in [0.3, 0.4) is 0 Å². The molecule has 2 rings (SSSR count). The number of nitrogens with one attached hydrogen (secondary N) is 1. The molecule has 0 saturated heterocycles. The van der Waals surface area contributed by atoms with Crippen molar-refractivity contribution in [3.8, 4) is 0 Å². The summed E-state index contributed by atoms with van der Waals surface area (Å²) >= 11 is 1.73. The fraction of sp³-hybridized carbons (Fsp3) is 0.316. The maximum absolute atomic E-state index is 11.9. The van der Waals surface area contributed by atoms with Crippen molar-refractivity contribution >= 4 is 17.7 Å². The molecule has 3 heteroatoms. The Labute approximate surface area is 137 Å². The Morgan fingerprint density at radius 3 is 2.41 bits per heavy atom. The highest BCUT2D eigenvalue weighted by atomic mass is 32.2. The Hall–Kier alpha value is -1.74. The van der Waals surface area contributed by atoms with E-state index >= 15 is 0 Å². The quantitative estimate of drug-likeness (QED) is 0.800. The summed E-state index contributed by atoms with van der Waals surface area (Å²) in [5, 5.41) is 2.97. The Morgan fingerprint density at radius 1 is 1.00 bits per heavy atom. The van der Waals surface area contributed by atoms with Crippen LogP contribution in [0.1, 0.15) is 28.7 Å². The number of hydrogen-bond acceptors (Lipinski definition) is 2. The van der Waals surface area contributed by atoms with Crippen molar-refractivity contribution in [2.75, 3.05) is 5.75 Å². The standard InChI is InChI=1S/C19H23NOS/c1-14-4-7-17(8-5-14)13-20-19(21)10-11-22-18-9-6-15(2)16(3)12-18/h4-9,12H,10-11,13H2,1-3H3,(H,20,21). The van der Waals surface area contributed by atoms with Crippen molar-refractivity contribution in [2.24, 2.45) is 0 Å². The first-order chi connectivity index (χ1) is 10.5. The minimum atomic E-state index is 0.108. The van der Waals surface area contributed by atoms with Crippen molar-refractivity contribution in [3.63, 3.8) is 0 Å². The molecule has 0 aliphatic rings. The van der Waals surface area contributed by atoms with Crippen LogP contribution in [0.5, 0.6) is 0 Å². The normalized spacial score (nSPS) is 10.5. The Morgan fingerprint density at radius 2 is 1.73 bits per heavy atom. The molecule has 2 aromatic carbocycles. The fourth-order valence-corrected chi connectivity index (χ4v) is 3.01. The molecule has 0 fully saturated rings. The van der Waals surface area contributed by atoms with Gasteiger partial charge in [-0.3, -0.25) is 4.79 Å². The van der Waals surface area contributed by atoms with Crippen LogP contribution in [0.25, 0.3) is 0 Å². The van der Waals surface area contributed by atoms with Gasteiger partial charge < -0.3 is 5.32 Å². The SMILES string of the molecule is Cc1ccc(CNC(=O)CCSc2ccc(C)c(C)c2)cc1. The lowest BCUT2D eigenvalue weighted by molar-refractivity contribution is -0.120. The van der Waals surface area contributed by atoms with Gasteiger partial charge in [-0.15, -0.1) is 11.8 Å². The van der Waals surface area contributed by atoms with Gasteiger partial charge >= 0.3 is 0 Å². The Bertz CT molecular complexity index is 634. The number of carbonyl (C=O) groups is 1. The van der Waals surface area contributed by atoms with Gasteiger partial charge in [0.05, 0.1) is 0 Å². The van der Waals surface area contributed by atoms with Gasteiger partial charge in [-0.05, 0) is 49.6 Å². The molecule has 1 amide bonds. The van der Waals surface area contributed by atoms with Crippen LogP contribution in [0.2, 0.25) is 0 Å². The van der Waals surface area contributed by atoms with Crippen molar-refractivity contribution in [1.29, 1.82) is 0 Å². The lowest BCUT2D eigenvalue weighted by atomic mass is 10.1. The van der Waals surface area contributed by atoms with Crippen LogP contribution in [0, 0.1) is 20.8 Å². The average molecular weight is 313 g/mol. The third-order valence-corrected chi connectivity index (χ3v) is 4.68. The number of carbonyl (C=O) groups excluding carboxylic acids is 1. The highest BCUT2D eigenvalue weighted by molar-refractivity contribution is 7.99. The molecule has 0 saturated carbocycles. The Kier molecular flexibility index (Phi) is 6.08. The van der Waals surface area contributed by atoms with Gasteiger partial charge in [0.15, 0.2) is 0 Å². The molecule has 0 aromatic heterocycles. The van der Waals surface area contributed by atoms with Gasteiger partial charge in [0.25, 0.3) is 0 Å². The first-order valence-corrected chi connectivity index (χ1v) is 8.55. The minimum Gasteiger partial charge on any atom is -0.352 e. The summed E-state index contributed by atoms with van der Waals surface area (Å²) in [4.78, 5) is 13.1. The van der Waals surface area contributed by atoms with Crippen LogP contribution in [0.15, 0.2) is 47.4 Å². The Balaban J connectivity index is 1.71. The number of amides is 1. The summed E-state index contributed by atoms with van der Waals surface area (Å²) in [6.07, 6.45) is 0.545. The molecule has 2 nitrogen and oxygen atoms in total. The third-order valence-electron chi connectivity index (χ3n) is 3.69. The molecule has 0 bridgehead atoms. The van der Waals surface area contributed by atoms with Crippen molar-refractivity contribution in [3.05, 3.63) is 64.7 Å². The highest BCUT2D eigenvalue weighted by Gasteiger charge is 2.03. The highest BCUT2D eigenvalue weighted by Crippen LogP contribution is 2.21. The molecule has 0 aliphatic heterocycles. The van der Waals surface area contributed by atoms with E-state index in [4.69, 9.17) is 0 Å². The minimum absolute atomic E-state index is 0.108. The smallest absolute Gasteiger partial charge is 0.221 e. The maximum atomic E-state index is 11.9. The largest absolute Gasteiger partial charge is 0.352 e. The van der Waals surface area contributed by atoms with Crippen molar-refractivity contribution < 1.29 is 4.79 Å². The number of aryl methyl sites for hydroxylation is 3. The van der Waals surface area contributed by atoms with Gasteiger partial charge in [0.2, 0.25) is 5.91 Å². The lowest BCUT2D eigenvalue weighted by Crippen LogP contribution is -2.22. The van der Waals surface area contributed by atoms with Crippen LogP contribution in [-0.2, 0) is 11.3 Å². The van der Waals surface area contributed by atoms with E-state index < -0.39 is 0 Å². The van der Waals surface area contributed by atoms with E-state index in [1.165, 1.54) is 21.6 Å². The van der Waals surface area contributed by atoms with E-state index in [0.717, 1.165) is 11.3 Å².